The van der Waals surface area contributed by atoms with Crippen LogP contribution in [0.3, 0.4) is 0 Å². The molecule has 0 saturated heterocycles. The third-order valence-corrected chi connectivity index (χ3v) is 1.84. The first kappa shape index (κ1) is 14.9. The van der Waals surface area contributed by atoms with Crippen LogP contribution in [-0.2, 0) is 14.3 Å². The van der Waals surface area contributed by atoms with Gasteiger partial charge in [-0.3, -0.25) is 4.79 Å². The summed E-state index contributed by atoms with van der Waals surface area (Å²) in [6, 6.07) is -0.853. The number of ether oxygens (including phenoxy) is 1. The van der Waals surface area contributed by atoms with Crippen molar-refractivity contribution in [2.45, 2.75) is 26.3 Å². The van der Waals surface area contributed by atoms with Gasteiger partial charge in [0.15, 0.2) is 0 Å². The van der Waals surface area contributed by atoms with Gasteiger partial charge in [-0.25, -0.2) is 4.79 Å². The van der Waals surface area contributed by atoms with E-state index in [4.69, 9.17) is 15.6 Å². The van der Waals surface area contributed by atoms with E-state index in [0.717, 1.165) is 0 Å². The first-order chi connectivity index (χ1) is 7.47. The maximum atomic E-state index is 11.3. The van der Waals surface area contributed by atoms with Gasteiger partial charge in [0.1, 0.15) is 12.6 Å². The van der Waals surface area contributed by atoms with Gasteiger partial charge in [0.2, 0.25) is 5.91 Å². The molecule has 16 heavy (non-hydrogen) atoms. The van der Waals surface area contributed by atoms with Gasteiger partial charge in [0.05, 0.1) is 6.61 Å². The van der Waals surface area contributed by atoms with Gasteiger partial charge in [-0.15, -0.1) is 0 Å². The highest BCUT2D eigenvalue weighted by Gasteiger charge is 2.20. The molecule has 6 nitrogen and oxygen atoms in total. The fourth-order valence-corrected chi connectivity index (χ4v) is 1.18. The monoisotopic (exact) mass is 232 g/mol. The molecule has 0 unspecified atom stereocenters. The molecule has 0 aromatic rings. The van der Waals surface area contributed by atoms with Crippen molar-refractivity contribution >= 4 is 11.9 Å². The minimum Gasteiger partial charge on any atom is -0.480 e. The van der Waals surface area contributed by atoms with E-state index in [1.807, 2.05) is 13.8 Å². The topological polar surface area (TPSA) is 102 Å². The molecule has 0 heterocycles. The summed E-state index contributed by atoms with van der Waals surface area (Å²) in [6.45, 7) is 4.26. The SMILES string of the molecule is CC(C)C[C@@H](NC(=O)COCCN)C(=O)O. The van der Waals surface area contributed by atoms with Crippen LogP contribution < -0.4 is 11.1 Å². The van der Waals surface area contributed by atoms with Crippen LogP contribution in [0.5, 0.6) is 0 Å². The Morgan fingerprint density at radius 1 is 1.44 bits per heavy atom. The third kappa shape index (κ3) is 7.19. The van der Waals surface area contributed by atoms with Crippen LogP contribution in [0, 0.1) is 5.92 Å². The summed E-state index contributed by atoms with van der Waals surface area (Å²) >= 11 is 0. The smallest absolute Gasteiger partial charge is 0.326 e. The molecule has 1 atom stereocenters. The van der Waals surface area contributed by atoms with Gasteiger partial charge in [-0.1, -0.05) is 13.8 Å². The molecule has 0 radical (unpaired) electrons. The molecular formula is C10H20N2O4. The van der Waals surface area contributed by atoms with E-state index >= 15 is 0 Å². The summed E-state index contributed by atoms with van der Waals surface area (Å²) in [5.74, 6) is -1.26. The maximum Gasteiger partial charge on any atom is 0.326 e. The van der Waals surface area contributed by atoms with Crippen molar-refractivity contribution in [2.24, 2.45) is 11.7 Å². The quantitative estimate of drug-likeness (QED) is 0.493. The summed E-state index contributed by atoms with van der Waals surface area (Å²) in [6.07, 6.45) is 0.401. The first-order valence-electron chi connectivity index (χ1n) is 5.27. The van der Waals surface area contributed by atoms with Crippen LogP contribution in [-0.4, -0.2) is 42.8 Å². The second kappa shape index (κ2) is 8.06. The van der Waals surface area contributed by atoms with Crippen LogP contribution in [0.1, 0.15) is 20.3 Å². The summed E-state index contributed by atoms with van der Waals surface area (Å²) in [4.78, 5) is 22.1. The van der Waals surface area contributed by atoms with Crippen LogP contribution in [0.25, 0.3) is 0 Å². The summed E-state index contributed by atoms with van der Waals surface area (Å²) < 4.78 is 4.90. The number of amides is 1. The fraction of sp³-hybridized carbons (Fsp3) is 0.800. The number of carboxylic acid groups (broad SMARTS) is 1. The molecule has 0 bridgehead atoms. The lowest BCUT2D eigenvalue weighted by Crippen LogP contribution is -2.43. The number of hydrogen-bond acceptors (Lipinski definition) is 4. The highest BCUT2D eigenvalue weighted by atomic mass is 16.5. The minimum absolute atomic E-state index is 0.154. The van der Waals surface area contributed by atoms with Crippen molar-refractivity contribution < 1.29 is 19.4 Å². The molecule has 0 aliphatic carbocycles. The number of hydrogen-bond donors (Lipinski definition) is 3. The zero-order valence-electron chi connectivity index (χ0n) is 9.73. The third-order valence-electron chi connectivity index (χ3n) is 1.84. The molecule has 0 aromatic heterocycles. The van der Waals surface area contributed by atoms with E-state index in [-0.39, 0.29) is 19.1 Å². The van der Waals surface area contributed by atoms with E-state index in [0.29, 0.717) is 13.0 Å². The fourth-order valence-electron chi connectivity index (χ4n) is 1.18. The van der Waals surface area contributed by atoms with Gasteiger partial charge in [-0.05, 0) is 12.3 Å². The Kier molecular flexibility index (Phi) is 7.49. The molecule has 0 aromatic carbocycles. The minimum atomic E-state index is -1.03. The molecular weight excluding hydrogens is 212 g/mol. The van der Waals surface area contributed by atoms with E-state index in [1.165, 1.54) is 0 Å². The standard InChI is InChI=1S/C10H20N2O4/c1-7(2)5-8(10(14)15)12-9(13)6-16-4-3-11/h7-8H,3-6,11H2,1-2H3,(H,12,13)(H,14,15)/t8-/m1/s1. The Labute approximate surface area is 95.1 Å². The molecule has 0 spiro atoms. The number of aliphatic carboxylic acids is 1. The van der Waals surface area contributed by atoms with Gasteiger partial charge in [0.25, 0.3) is 0 Å². The van der Waals surface area contributed by atoms with Gasteiger partial charge in [-0.2, -0.15) is 0 Å². The van der Waals surface area contributed by atoms with E-state index in [9.17, 15) is 9.59 Å². The average molecular weight is 232 g/mol. The summed E-state index contributed by atoms with van der Waals surface area (Å²) in [5.41, 5.74) is 5.18. The predicted octanol–water partition coefficient (Wildman–Crippen LogP) is -0.423. The van der Waals surface area contributed by atoms with Crippen LogP contribution in [0.2, 0.25) is 0 Å². The van der Waals surface area contributed by atoms with Crippen LogP contribution in [0.4, 0.5) is 0 Å². The van der Waals surface area contributed by atoms with Crippen molar-refractivity contribution in [3.8, 4) is 0 Å². The number of nitrogens with two attached hydrogens (primary N) is 1. The Morgan fingerprint density at radius 2 is 2.06 bits per heavy atom. The summed E-state index contributed by atoms with van der Waals surface area (Å²) in [5, 5.41) is 11.3. The van der Waals surface area contributed by atoms with E-state index in [1.54, 1.807) is 0 Å². The van der Waals surface area contributed by atoms with Crippen molar-refractivity contribution in [3.63, 3.8) is 0 Å². The lowest BCUT2D eigenvalue weighted by atomic mass is 10.0. The first-order valence-corrected chi connectivity index (χ1v) is 5.27. The van der Waals surface area contributed by atoms with Crippen molar-refractivity contribution in [1.82, 2.24) is 5.32 Å². The normalized spacial score (nSPS) is 12.5. The molecule has 0 saturated carbocycles. The lowest BCUT2D eigenvalue weighted by molar-refractivity contribution is -0.143. The Balaban J connectivity index is 3.98. The Bertz CT molecular complexity index is 231. The molecule has 0 aliphatic heterocycles. The number of carbonyl (C=O) groups excluding carboxylic acids is 1. The maximum absolute atomic E-state index is 11.3. The predicted molar refractivity (Wildman–Crippen MR) is 58.9 cm³/mol. The van der Waals surface area contributed by atoms with Gasteiger partial charge in [0, 0.05) is 6.54 Å². The second-order valence-electron chi connectivity index (χ2n) is 3.93. The molecule has 4 N–H and O–H groups in total. The molecule has 6 heteroatoms. The van der Waals surface area contributed by atoms with Crippen LogP contribution in [0.15, 0.2) is 0 Å². The van der Waals surface area contributed by atoms with E-state index < -0.39 is 17.9 Å². The zero-order chi connectivity index (χ0) is 12.6. The second-order valence-corrected chi connectivity index (χ2v) is 3.93. The zero-order valence-corrected chi connectivity index (χ0v) is 9.73. The number of carboxylic acids is 1. The molecule has 94 valence electrons. The van der Waals surface area contributed by atoms with Gasteiger partial charge >= 0.3 is 5.97 Å². The van der Waals surface area contributed by atoms with Crippen LogP contribution >= 0.6 is 0 Å². The molecule has 0 fully saturated rings. The molecule has 0 aliphatic rings. The van der Waals surface area contributed by atoms with Gasteiger partial charge < -0.3 is 20.9 Å². The average Bonchev–Trinajstić information content (AvgIpc) is 2.16. The largest absolute Gasteiger partial charge is 0.480 e. The highest BCUT2D eigenvalue weighted by Crippen LogP contribution is 2.04. The Hall–Kier alpha value is -1.14. The number of carbonyl (C=O) groups is 2. The van der Waals surface area contributed by atoms with Crippen molar-refractivity contribution in [1.29, 1.82) is 0 Å². The van der Waals surface area contributed by atoms with Crippen molar-refractivity contribution in [2.75, 3.05) is 19.8 Å². The number of nitrogens with one attached hydrogen (secondary N) is 1. The van der Waals surface area contributed by atoms with Crippen molar-refractivity contribution in [3.05, 3.63) is 0 Å². The lowest BCUT2D eigenvalue weighted by Gasteiger charge is -2.16. The number of rotatable bonds is 8. The molecule has 0 rings (SSSR count). The Morgan fingerprint density at radius 3 is 2.50 bits per heavy atom. The molecule has 1 amide bonds. The van der Waals surface area contributed by atoms with E-state index in [2.05, 4.69) is 5.32 Å². The summed E-state index contributed by atoms with van der Waals surface area (Å²) in [7, 11) is 0. The highest BCUT2D eigenvalue weighted by molar-refractivity contribution is 5.84.